The molecule has 1 fully saturated rings. The molecule has 0 saturated carbocycles. The van der Waals surface area contributed by atoms with Crippen LogP contribution < -0.4 is 4.90 Å². The first-order valence-electron chi connectivity index (χ1n) is 8.79. The Morgan fingerprint density at radius 1 is 1.12 bits per heavy atom. The first kappa shape index (κ1) is 17.2. The van der Waals surface area contributed by atoms with Gasteiger partial charge in [0.15, 0.2) is 0 Å². The fraction of sp³-hybridized carbons (Fsp3) is 0.286. The van der Waals surface area contributed by atoms with Crippen molar-refractivity contribution in [2.45, 2.75) is 6.92 Å². The molecule has 0 radical (unpaired) electrons. The van der Waals surface area contributed by atoms with Gasteiger partial charge in [0, 0.05) is 6.08 Å². The smallest absolute Gasteiger partial charge is 0.247 e. The van der Waals surface area contributed by atoms with Gasteiger partial charge in [0.1, 0.15) is 11.5 Å². The van der Waals surface area contributed by atoms with E-state index in [4.69, 9.17) is 4.42 Å². The summed E-state index contributed by atoms with van der Waals surface area (Å²) in [5.41, 5.74) is 1.23. The maximum absolute atomic E-state index is 12.3. The van der Waals surface area contributed by atoms with Gasteiger partial charge in [-0.25, -0.2) is 0 Å². The van der Waals surface area contributed by atoms with Crippen molar-refractivity contribution in [3.63, 3.8) is 0 Å². The zero-order valence-corrected chi connectivity index (χ0v) is 14.7. The number of carbonyl (C=O) groups excluding carboxylic acids is 1. The van der Waals surface area contributed by atoms with E-state index in [1.165, 1.54) is 10.5 Å². The number of piperazine rings is 1. The second-order valence-corrected chi connectivity index (χ2v) is 6.37. The van der Waals surface area contributed by atoms with Gasteiger partial charge in [0.25, 0.3) is 0 Å². The van der Waals surface area contributed by atoms with Gasteiger partial charge in [-0.15, -0.1) is 0 Å². The lowest BCUT2D eigenvalue weighted by Crippen LogP contribution is -3.14. The molecular weight excluding hydrogens is 312 g/mol. The van der Waals surface area contributed by atoms with Crippen LogP contribution in [0.1, 0.15) is 17.1 Å². The minimum absolute atomic E-state index is 0.0629. The Morgan fingerprint density at radius 3 is 2.56 bits per heavy atom. The zero-order valence-electron chi connectivity index (χ0n) is 14.7. The van der Waals surface area contributed by atoms with Crippen molar-refractivity contribution in [2.75, 3.05) is 32.7 Å². The molecule has 25 heavy (non-hydrogen) atoms. The van der Waals surface area contributed by atoms with Crippen LogP contribution in [0, 0.1) is 6.92 Å². The minimum atomic E-state index is 0.0629. The largest absolute Gasteiger partial charge is 0.462 e. The van der Waals surface area contributed by atoms with Gasteiger partial charge in [-0.2, -0.15) is 0 Å². The molecule has 4 nitrogen and oxygen atoms in total. The van der Waals surface area contributed by atoms with Gasteiger partial charge in [0.2, 0.25) is 5.91 Å². The lowest BCUT2D eigenvalue weighted by molar-refractivity contribution is -0.898. The van der Waals surface area contributed by atoms with Crippen LogP contribution in [0.2, 0.25) is 0 Å². The highest BCUT2D eigenvalue weighted by atomic mass is 16.3. The molecule has 1 aliphatic rings. The molecule has 2 heterocycles. The topological polar surface area (TPSA) is 37.9 Å². The van der Waals surface area contributed by atoms with E-state index in [0.29, 0.717) is 0 Å². The highest BCUT2D eigenvalue weighted by Gasteiger charge is 2.21. The minimum Gasteiger partial charge on any atom is -0.462 e. The summed E-state index contributed by atoms with van der Waals surface area (Å²) < 4.78 is 5.45. The van der Waals surface area contributed by atoms with E-state index in [1.807, 2.05) is 30.0 Å². The molecule has 1 N–H and O–H groups in total. The molecule has 1 aromatic heterocycles. The molecule has 1 aliphatic heterocycles. The third-order valence-electron chi connectivity index (χ3n) is 4.45. The van der Waals surface area contributed by atoms with Gasteiger partial charge >= 0.3 is 0 Å². The summed E-state index contributed by atoms with van der Waals surface area (Å²) in [6.07, 6.45) is 7.75. The van der Waals surface area contributed by atoms with Crippen molar-refractivity contribution in [1.82, 2.24) is 4.90 Å². The molecule has 1 aromatic carbocycles. The van der Waals surface area contributed by atoms with Crippen LogP contribution in [0.25, 0.3) is 12.2 Å². The molecule has 0 atom stereocenters. The third kappa shape index (κ3) is 5.19. The number of hydrogen-bond donors (Lipinski definition) is 1. The van der Waals surface area contributed by atoms with E-state index in [2.05, 4.69) is 36.4 Å². The lowest BCUT2D eigenvalue weighted by Gasteiger charge is -2.31. The Labute approximate surface area is 149 Å². The Bertz CT molecular complexity index is 738. The molecule has 0 unspecified atom stereocenters. The van der Waals surface area contributed by atoms with Crippen molar-refractivity contribution < 1.29 is 14.1 Å². The SMILES string of the molecule is Cc1ccc(/C=C/C(=O)N2CC[NH+](C/C=C/c3ccccc3)CC2)o1. The zero-order chi connectivity index (χ0) is 17.5. The van der Waals surface area contributed by atoms with E-state index in [-0.39, 0.29) is 5.91 Å². The summed E-state index contributed by atoms with van der Waals surface area (Å²) in [5.74, 6) is 1.64. The van der Waals surface area contributed by atoms with E-state index >= 15 is 0 Å². The predicted molar refractivity (Wildman–Crippen MR) is 100 cm³/mol. The third-order valence-corrected chi connectivity index (χ3v) is 4.45. The molecule has 3 rings (SSSR count). The maximum atomic E-state index is 12.3. The fourth-order valence-electron chi connectivity index (χ4n) is 2.98. The van der Waals surface area contributed by atoms with Crippen molar-refractivity contribution in [1.29, 1.82) is 0 Å². The first-order chi connectivity index (χ1) is 12.2. The number of nitrogens with one attached hydrogen (secondary N) is 1. The monoisotopic (exact) mass is 337 g/mol. The Hall–Kier alpha value is -2.59. The molecule has 0 spiro atoms. The van der Waals surface area contributed by atoms with Gasteiger partial charge in [0.05, 0.1) is 32.7 Å². The number of aryl methyl sites for hydroxylation is 1. The number of benzene rings is 1. The van der Waals surface area contributed by atoms with E-state index in [0.717, 1.165) is 44.2 Å². The highest BCUT2D eigenvalue weighted by molar-refractivity contribution is 5.91. The second kappa shape index (κ2) is 8.49. The number of amides is 1. The summed E-state index contributed by atoms with van der Waals surface area (Å²) >= 11 is 0. The number of hydrogen-bond acceptors (Lipinski definition) is 2. The summed E-state index contributed by atoms with van der Waals surface area (Å²) in [7, 11) is 0. The quantitative estimate of drug-likeness (QED) is 0.848. The van der Waals surface area contributed by atoms with Gasteiger partial charge in [-0.05, 0) is 36.8 Å². The van der Waals surface area contributed by atoms with Gasteiger partial charge in [-0.3, -0.25) is 4.79 Å². The van der Waals surface area contributed by atoms with Crippen LogP contribution in [0.4, 0.5) is 0 Å². The lowest BCUT2D eigenvalue weighted by atomic mass is 10.2. The van der Waals surface area contributed by atoms with Crippen molar-refractivity contribution in [2.24, 2.45) is 0 Å². The fourth-order valence-corrected chi connectivity index (χ4v) is 2.98. The van der Waals surface area contributed by atoms with E-state index in [1.54, 1.807) is 12.2 Å². The standard InChI is InChI=1S/C21H24N2O2/c1-18-9-10-20(25-18)11-12-21(24)23-16-14-22(15-17-23)13-5-8-19-6-3-2-4-7-19/h2-12H,13-17H2,1H3/p+1/b8-5+,12-11+. The Balaban J connectivity index is 1.43. The second-order valence-electron chi connectivity index (χ2n) is 6.37. The number of carbonyl (C=O) groups is 1. The van der Waals surface area contributed by atoms with E-state index < -0.39 is 0 Å². The number of rotatable bonds is 5. The van der Waals surface area contributed by atoms with Crippen LogP contribution >= 0.6 is 0 Å². The molecule has 130 valence electrons. The van der Waals surface area contributed by atoms with Crippen LogP contribution in [-0.4, -0.2) is 43.5 Å². The predicted octanol–water partition coefficient (Wildman–Crippen LogP) is 2.04. The molecule has 1 amide bonds. The summed E-state index contributed by atoms with van der Waals surface area (Å²) in [5, 5.41) is 0. The molecule has 2 aromatic rings. The molecule has 0 bridgehead atoms. The van der Waals surface area contributed by atoms with Crippen LogP contribution in [0.15, 0.2) is 59.0 Å². The molecule has 4 heteroatoms. The Kier molecular flexibility index (Phi) is 5.86. The number of nitrogens with zero attached hydrogens (tertiary/aromatic N) is 1. The highest BCUT2D eigenvalue weighted by Crippen LogP contribution is 2.08. The van der Waals surface area contributed by atoms with Crippen LogP contribution in [0.5, 0.6) is 0 Å². The Morgan fingerprint density at radius 2 is 1.88 bits per heavy atom. The van der Waals surface area contributed by atoms with Crippen molar-refractivity contribution >= 4 is 18.1 Å². The summed E-state index contributed by atoms with van der Waals surface area (Å²) in [6.45, 7) is 6.46. The van der Waals surface area contributed by atoms with Crippen molar-refractivity contribution in [3.8, 4) is 0 Å². The maximum Gasteiger partial charge on any atom is 0.247 e. The number of quaternary nitrogens is 1. The first-order valence-corrected chi connectivity index (χ1v) is 8.79. The van der Waals surface area contributed by atoms with Crippen LogP contribution in [-0.2, 0) is 4.79 Å². The molecular formula is C21H25N2O2+. The van der Waals surface area contributed by atoms with Gasteiger partial charge in [-0.1, -0.05) is 36.4 Å². The van der Waals surface area contributed by atoms with Gasteiger partial charge < -0.3 is 14.2 Å². The molecule has 1 saturated heterocycles. The average Bonchev–Trinajstić information content (AvgIpc) is 3.06. The van der Waals surface area contributed by atoms with Crippen LogP contribution in [0.3, 0.4) is 0 Å². The number of furan rings is 1. The van der Waals surface area contributed by atoms with Crippen molar-refractivity contribution in [3.05, 3.63) is 71.7 Å². The average molecular weight is 337 g/mol. The normalized spacial score (nSPS) is 16.1. The summed E-state index contributed by atoms with van der Waals surface area (Å²) in [4.78, 5) is 15.7. The molecule has 0 aliphatic carbocycles. The van der Waals surface area contributed by atoms with E-state index in [9.17, 15) is 4.79 Å². The summed E-state index contributed by atoms with van der Waals surface area (Å²) in [6, 6.07) is 14.1.